The molecule has 1 aliphatic rings. The third kappa shape index (κ3) is 4.73. The average Bonchev–Trinajstić information content (AvgIpc) is 2.76. The Morgan fingerprint density at radius 3 is 1.93 bits per heavy atom. The van der Waals surface area contributed by atoms with Gasteiger partial charge in [0.25, 0.3) is 0 Å². The van der Waals surface area contributed by atoms with Gasteiger partial charge in [0, 0.05) is 11.0 Å². The first-order chi connectivity index (χ1) is 14.6. The van der Waals surface area contributed by atoms with E-state index in [0.717, 1.165) is 18.0 Å². The van der Waals surface area contributed by atoms with Gasteiger partial charge in [-0.1, -0.05) is 99.6 Å². The molecule has 0 bridgehead atoms. The van der Waals surface area contributed by atoms with Gasteiger partial charge in [-0.2, -0.15) is 0 Å². The average molecular weight is 414 g/mol. The van der Waals surface area contributed by atoms with Crippen LogP contribution in [0.1, 0.15) is 40.0 Å². The summed E-state index contributed by atoms with van der Waals surface area (Å²) in [6.07, 6.45) is 3.72. The molecule has 0 aromatic heterocycles. The van der Waals surface area contributed by atoms with E-state index in [1.165, 1.54) is 34.5 Å². The molecule has 154 valence electrons. The smallest absolute Gasteiger partial charge is 0.0712 e. The molecule has 0 unspecified atom stereocenters. The van der Waals surface area contributed by atoms with E-state index in [2.05, 4.69) is 106 Å². The van der Waals surface area contributed by atoms with Crippen molar-refractivity contribution >= 4 is 35.2 Å². The SMILES string of the molecule is CC(C)[C@H]1CC[C@H](C)CC1=Nc1ccccc1P(c1ccccc1)c1ccccc1. The Morgan fingerprint density at radius 1 is 0.767 bits per heavy atom. The van der Waals surface area contributed by atoms with Gasteiger partial charge in [0.15, 0.2) is 0 Å². The fourth-order valence-electron chi connectivity index (χ4n) is 4.57. The van der Waals surface area contributed by atoms with Gasteiger partial charge in [0.05, 0.1) is 5.69 Å². The summed E-state index contributed by atoms with van der Waals surface area (Å²) in [5, 5.41) is 4.12. The van der Waals surface area contributed by atoms with Crippen LogP contribution in [-0.2, 0) is 0 Å². The van der Waals surface area contributed by atoms with Crippen molar-refractivity contribution in [3.05, 3.63) is 84.9 Å². The number of hydrogen-bond donors (Lipinski definition) is 0. The van der Waals surface area contributed by atoms with Crippen LogP contribution in [-0.4, -0.2) is 5.71 Å². The summed E-state index contributed by atoms with van der Waals surface area (Å²) in [5.41, 5.74) is 2.57. The molecule has 0 radical (unpaired) electrons. The van der Waals surface area contributed by atoms with Gasteiger partial charge in [-0.25, -0.2) is 0 Å². The van der Waals surface area contributed by atoms with Crippen molar-refractivity contribution in [3.8, 4) is 0 Å². The van der Waals surface area contributed by atoms with Crippen molar-refractivity contribution in [2.45, 2.75) is 40.0 Å². The molecule has 0 heterocycles. The highest BCUT2D eigenvalue weighted by atomic mass is 31.1. The fourth-order valence-corrected chi connectivity index (χ4v) is 6.96. The quantitative estimate of drug-likeness (QED) is 0.417. The number of hydrogen-bond acceptors (Lipinski definition) is 1. The van der Waals surface area contributed by atoms with Crippen molar-refractivity contribution in [2.75, 3.05) is 0 Å². The van der Waals surface area contributed by atoms with Crippen molar-refractivity contribution in [1.82, 2.24) is 0 Å². The van der Waals surface area contributed by atoms with Crippen LogP contribution in [0.15, 0.2) is 89.9 Å². The highest BCUT2D eigenvalue weighted by molar-refractivity contribution is 7.80. The van der Waals surface area contributed by atoms with E-state index in [-0.39, 0.29) is 0 Å². The van der Waals surface area contributed by atoms with Crippen molar-refractivity contribution in [2.24, 2.45) is 22.7 Å². The van der Waals surface area contributed by atoms with Crippen LogP contribution in [0.25, 0.3) is 0 Å². The number of nitrogens with zero attached hydrogens (tertiary/aromatic N) is 1. The first kappa shape index (κ1) is 21.0. The van der Waals surface area contributed by atoms with Crippen LogP contribution < -0.4 is 15.9 Å². The Balaban J connectivity index is 1.83. The van der Waals surface area contributed by atoms with Crippen LogP contribution in [0.3, 0.4) is 0 Å². The van der Waals surface area contributed by atoms with Crippen molar-refractivity contribution in [3.63, 3.8) is 0 Å². The molecule has 2 heteroatoms. The molecule has 1 saturated carbocycles. The molecule has 1 aliphatic carbocycles. The van der Waals surface area contributed by atoms with Crippen LogP contribution >= 0.6 is 7.92 Å². The maximum atomic E-state index is 5.38. The lowest BCUT2D eigenvalue weighted by molar-refractivity contribution is 0.365. The van der Waals surface area contributed by atoms with E-state index in [0.29, 0.717) is 11.8 Å². The number of rotatable bonds is 5. The summed E-state index contributed by atoms with van der Waals surface area (Å²) in [6, 6.07) is 30.7. The van der Waals surface area contributed by atoms with E-state index in [9.17, 15) is 0 Å². The van der Waals surface area contributed by atoms with Crippen molar-refractivity contribution < 1.29 is 0 Å². The second-order valence-corrected chi connectivity index (χ2v) is 11.0. The molecule has 4 rings (SSSR count). The summed E-state index contributed by atoms with van der Waals surface area (Å²) in [6.45, 7) is 7.07. The summed E-state index contributed by atoms with van der Waals surface area (Å²) in [5.74, 6) is 1.98. The molecule has 3 aromatic rings. The molecule has 1 nitrogen and oxygen atoms in total. The Kier molecular flexibility index (Phi) is 6.80. The molecule has 0 spiro atoms. The lowest BCUT2D eigenvalue weighted by Crippen LogP contribution is -2.28. The maximum absolute atomic E-state index is 5.38. The van der Waals surface area contributed by atoms with Gasteiger partial charge < -0.3 is 0 Å². The molecule has 0 saturated heterocycles. The van der Waals surface area contributed by atoms with E-state index in [4.69, 9.17) is 4.99 Å². The van der Waals surface area contributed by atoms with Gasteiger partial charge in [0.1, 0.15) is 0 Å². The first-order valence-corrected chi connectivity index (χ1v) is 12.5. The second kappa shape index (κ2) is 9.71. The highest BCUT2D eigenvalue weighted by Crippen LogP contribution is 2.38. The zero-order valence-corrected chi connectivity index (χ0v) is 19.2. The molecule has 2 atom stereocenters. The van der Waals surface area contributed by atoms with Gasteiger partial charge in [0.2, 0.25) is 0 Å². The van der Waals surface area contributed by atoms with Crippen LogP contribution in [0.5, 0.6) is 0 Å². The van der Waals surface area contributed by atoms with E-state index >= 15 is 0 Å². The number of para-hydroxylation sites is 1. The highest BCUT2D eigenvalue weighted by Gasteiger charge is 2.28. The zero-order valence-electron chi connectivity index (χ0n) is 18.3. The predicted octanol–water partition coefficient (Wildman–Crippen LogP) is 6.61. The topological polar surface area (TPSA) is 12.4 Å². The van der Waals surface area contributed by atoms with E-state index in [1.54, 1.807) is 0 Å². The fraction of sp³-hybridized carbons (Fsp3) is 0.321. The molecule has 1 fully saturated rings. The Bertz CT molecular complexity index is 938. The second-order valence-electron chi connectivity index (χ2n) is 8.84. The third-order valence-corrected chi connectivity index (χ3v) is 8.67. The maximum Gasteiger partial charge on any atom is 0.0712 e. The standard InChI is InChI=1S/C28H32NP/c1-21(2)25-19-18-22(3)20-27(25)29-26-16-10-11-17-28(26)30(23-12-6-4-7-13-23)24-14-8-5-9-15-24/h4-17,21-22,25H,18-20H2,1-3H3/t22-,25+/m0/s1. The third-order valence-electron chi connectivity index (χ3n) is 6.18. The molecule has 0 aliphatic heterocycles. The largest absolute Gasteiger partial charge is 0.257 e. The van der Waals surface area contributed by atoms with Gasteiger partial charge in [-0.3, -0.25) is 4.99 Å². The van der Waals surface area contributed by atoms with Gasteiger partial charge in [-0.05, 0) is 61.6 Å². The first-order valence-electron chi connectivity index (χ1n) is 11.2. The molecule has 3 aromatic carbocycles. The van der Waals surface area contributed by atoms with Gasteiger partial charge >= 0.3 is 0 Å². The van der Waals surface area contributed by atoms with Crippen LogP contribution in [0.2, 0.25) is 0 Å². The minimum absolute atomic E-state index is 0.605. The van der Waals surface area contributed by atoms with Crippen LogP contribution in [0.4, 0.5) is 5.69 Å². The Hall–Kier alpha value is -2.24. The summed E-state index contributed by atoms with van der Waals surface area (Å²) < 4.78 is 0. The summed E-state index contributed by atoms with van der Waals surface area (Å²) in [4.78, 5) is 5.38. The Morgan fingerprint density at radius 2 is 1.33 bits per heavy atom. The minimum atomic E-state index is -0.641. The molecule has 0 N–H and O–H groups in total. The minimum Gasteiger partial charge on any atom is -0.257 e. The zero-order chi connectivity index (χ0) is 20.9. The predicted molar refractivity (Wildman–Crippen MR) is 134 cm³/mol. The lowest BCUT2D eigenvalue weighted by atomic mass is 9.76. The number of aliphatic imine (C=N–C) groups is 1. The number of benzene rings is 3. The summed E-state index contributed by atoms with van der Waals surface area (Å²) >= 11 is 0. The summed E-state index contributed by atoms with van der Waals surface area (Å²) in [7, 11) is -0.641. The normalized spacial score (nSPS) is 20.8. The molecule has 30 heavy (non-hydrogen) atoms. The molecular weight excluding hydrogens is 381 g/mol. The monoisotopic (exact) mass is 413 g/mol. The molecular formula is C28H32NP. The molecule has 0 amide bonds. The van der Waals surface area contributed by atoms with Gasteiger partial charge in [-0.15, -0.1) is 0 Å². The lowest BCUT2D eigenvalue weighted by Gasteiger charge is -2.31. The van der Waals surface area contributed by atoms with E-state index < -0.39 is 7.92 Å². The van der Waals surface area contributed by atoms with Crippen LogP contribution in [0, 0.1) is 17.8 Å². The van der Waals surface area contributed by atoms with Crippen molar-refractivity contribution in [1.29, 1.82) is 0 Å². The Labute approximate surface area is 183 Å². The van der Waals surface area contributed by atoms with E-state index in [1.807, 2.05) is 0 Å².